The van der Waals surface area contributed by atoms with Gasteiger partial charge in [0, 0.05) is 28.5 Å². The fraction of sp³-hybridized carbons (Fsp3) is 0.316. The minimum absolute atomic E-state index is 0.00363. The summed E-state index contributed by atoms with van der Waals surface area (Å²) in [5, 5.41) is 18.8. The molecule has 0 spiro atoms. The Morgan fingerprint density at radius 2 is 2.00 bits per heavy atom. The lowest BCUT2D eigenvalue weighted by molar-refractivity contribution is -0.0976. The van der Waals surface area contributed by atoms with Crippen molar-refractivity contribution in [3.8, 4) is 17.6 Å². The molecular formula is C19H17F4NO2S. The van der Waals surface area contributed by atoms with Crippen LogP contribution in [0, 0.1) is 17.1 Å². The van der Waals surface area contributed by atoms with E-state index in [4.69, 9.17) is 10.00 Å². The van der Waals surface area contributed by atoms with E-state index in [2.05, 4.69) is 0 Å². The number of halogens is 4. The molecule has 0 amide bonds. The number of thioether (sulfide) groups is 1. The molecular weight excluding hydrogens is 382 g/mol. The molecule has 3 rings (SSSR count). The second kappa shape index (κ2) is 8.63. The van der Waals surface area contributed by atoms with Gasteiger partial charge in [-0.2, -0.15) is 5.26 Å². The average molecular weight is 399 g/mol. The summed E-state index contributed by atoms with van der Waals surface area (Å²) in [5.74, 6) is -4.15. The van der Waals surface area contributed by atoms with Crippen molar-refractivity contribution in [1.29, 1.82) is 5.26 Å². The second-order valence-corrected chi connectivity index (χ2v) is 6.38. The molecule has 0 fully saturated rings. The first-order chi connectivity index (χ1) is 12.9. The highest BCUT2D eigenvalue weighted by Gasteiger charge is 2.49. The zero-order valence-corrected chi connectivity index (χ0v) is 15.4. The van der Waals surface area contributed by atoms with E-state index >= 15 is 0 Å². The van der Waals surface area contributed by atoms with E-state index in [0.29, 0.717) is 11.8 Å². The Hall–Kier alpha value is -2.24. The number of benzene rings is 2. The summed E-state index contributed by atoms with van der Waals surface area (Å²) < 4.78 is 59.5. The Kier molecular flexibility index (Phi) is 6.73. The highest BCUT2D eigenvalue weighted by Crippen LogP contribution is 2.50. The molecule has 1 aliphatic carbocycles. The Bertz CT molecular complexity index is 868. The summed E-state index contributed by atoms with van der Waals surface area (Å²) in [5.41, 5.74) is -0.0256. The molecule has 1 atom stereocenters. The SMILES string of the molecule is CC.N#Cc1cc(F)cc(Oc2ccc(SCF)c3c2CC(F)(F)C3O)c1. The van der Waals surface area contributed by atoms with Crippen molar-refractivity contribution in [2.45, 2.75) is 37.2 Å². The third-order valence-corrected chi connectivity index (χ3v) is 4.57. The van der Waals surface area contributed by atoms with Gasteiger partial charge in [0.25, 0.3) is 5.92 Å². The van der Waals surface area contributed by atoms with E-state index in [9.17, 15) is 22.7 Å². The van der Waals surface area contributed by atoms with Gasteiger partial charge < -0.3 is 9.84 Å². The number of aliphatic hydroxyl groups is 1. The standard InChI is InChI=1S/C17H11F4NO2S.C2H6/c18-8-25-14-2-1-13(12-6-17(20,21)16(23)15(12)14)24-11-4-9(7-22)3-10(19)5-11;1-2/h1-5,16,23H,6,8H2;1-2H3. The van der Waals surface area contributed by atoms with Gasteiger partial charge in [-0.05, 0) is 24.3 Å². The maximum absolute atomic E-state index is 13.9. The van der Waals surface area contributed by atoms with Gasteiger partial charge in [-0.1, -0.05) is 25.6 Å². The fourth-order valence-electron chi connectivity index (χ4n) is 2.74. The monoisotopic (exact) mass is 399 g/mol. The minimum atomic E-state index is -3.41. The normalized spacial score (nSPS) is 16.7. The van der Waals surface area contributed by atoms with Crippen LogP contribution in [-0.2, 0) is 6.42 Å². The van der Waals surface area contributed by atoms with Crippen LogP contribution in [-0.4, -0.2) is 17.0 Å². The number of nitrogens with zero attached hydrogens (tertiary/aromatic N) is 1. The highest BCUT2D eigenvalue weighted by atomic mass is 32.2. The van der Waals surface area contributed by atoms with Crippen LogP contribution in [0.25, 0.3) is 0 Å². The van der Waals surface area contributed by atoms with E-state index < -0.39 is 30.3 Å². The molecule has 0 aromatic heterocycles. The molecule has 0 bridgehead atoms. The van der Waals surface area contributed by atoms with Crippen LogP contribution in [0.15, 0.2) is 35.2 Å². The lowest BCUT2D eigenvalue weighted by atomic mass is 10.1. The number of fused-ring (bicyclic) bond motifs is 1. The number of nitriles is 1. The molecule has 0 saturated carbocycles. The van der Waals surface area contributed by atoms with Gasteiger partial charge >= 0.3 is 0 Å². The summed E-state index contributed by atoms with van der Waals surface area (Å²) in [6, 6.07) is 6.96. The van der Waals surface area contributed by atoms with E-state index in [0.717, 1.165) is 12.1 Å². The highest BCUT2D eigenvalue weighted by molar-refractivity contribution is 7.99. The van der Waals surface area contributed by atoms with Crippen molar-refractivity contribution in [3.63, 3.8) is 0 Å². The number of hydrogen-bond acceptors (Lipinski definition) is 4. The van der Waals surface area contributed by atoms with Crippen LogP contribution < -0.4 is 4.74 Å². The molecule has 8 heteroatoms. The number of rotatable bonds is 4. The lowest BCUT2D eigenvalue weighted by Gasteiger charge is -2.15. The van der Waals surface area contributed by atoms with E-state index in [1.54, 1.807) is 6.07 Å². The van der Waals surface area contributed by atoms with Gasteiger partial charge in [-0.15, -0.1) is 0 Å². The molecule has 2 aromatic rings. The number of aliphatic hydroxyl groups excluding tert-OH is 1. The van der Waals surface area contributed by atoms with Crippen LogP contribution >= 0.6 is 11.8 Å². The third kappa shape index (κ3) is 4.37. The summed E-state index contributed by atoms with van der Waals surface area (Å²) in [4.78, 5) is 0.200. The van der Waals surface area contributed by atoms with Crippen molar-refractivity contribution in [2.24, 2.45) is 0 Å². The second-order valence-electron chi connectivity index (χ2n) is 5.44. The van der Waals surface area contributed by atoms with Gasteiger partial charge in [-0.25, -0.2) is 17.6 Å². The quantitative estimate of drug-likeness (QED) is 0.525. The van der Waals surface area contributed by atoms with Gasteiger partial charge in [0.15, 0.2) is 0 Å². The Morgan fingerprint density at radius 3 is 2.63 bits per heavy atom. The summed E-state index contributed by atoms with van der Waals surface area (Å²) in [6.07, 6.45) is -2.85. The molecule has 2 aromatic carbocycles. The summed E-state index contributed by atoms with van der Waals surface area (Å²) >= 11 is 0.690. The van der Waals surface area contributed by atoms with Crippen LogP contribution in [0.5, 0.6) is 11.5 Å². The smallest absolute Gasteiger partial charge is 0.281 e. The Labute approximate surface area is 158 Å². The predicted octanol–water partition coefficient (Wildman–Crippen LogP) is 5.76. The van der Waals surface area contributed by atoms with Gasteiger partial charge in [-0.3, -0.25) is 0 Å². The largest absolute Gasteiger partial charge is 0.457 e. The topological polar surface area (TPSA) is 53.2 Å². The number of alkyl halides is 3. The van der Waals surface area contributed by atoms with Crippen molar-refractivity contribution >= 4 is 11.8 Å². The van der Waals surface area contributed by atoms with Crippen molar-refractivity contribution < 1.29 is 27.4 Å². The van der Waals surface area contributed by atoms with Crippen LogP contribution in [0.1, 0.15) is 36.6 Å². The average Bonchev–Trinajstić information content (AvgIpc) is 2.89. The molecule has 144 valence electrons. The zero-order valence-electron chi connectivity index (χ0n) is 14.6. The molecule has 1 aliphatic rings. The lowest BCUT2D eigenvalue weighted by Crippen LogP contribution is -2.21. The van der Waals surface area contributed by atoms with E-state index in [1.165, 1.54) is 18.2 Å². The van der Waals surface area contributed by atoms with Crippen LogP contribution in [0.4, 0.5) is 17.6 Å². The number of hydrogen-bond donors (Lipinski definition) is 1. The molecule has 0 radical (unpaired) electrons. The van der Waals surface area contributed by atoms with Crippen LogP contribution in [0.3, 0.4) is 0 Å². The molecule has 27 heavy (non-hydrogen) atoms. The molecule has 3 nitrogen and oxygen atoms in total. The minimum Gasteiger partial charge on any atom is -0.457 e. The van der Waals surface area contributed by atoms with Gasteiger partial charge in [0.05, 0.1) is 11.6 Å². The Balaban J connectivity index is 0.00000126. The Morgan fingerprint density at radius 1 is 1.30 bits per heavy atom. The summed E-state index contributed by atoms with van der Waals surface area (Å²) in [7, 11) is 0. The molecule has 1 unspecified atom stereocenters. The zero-order chi connectivity index (χ0) is 20.2. The molecule has 0 saturated heterocycles. The first-order valence-electron chi connectivity index (χ1n) is 8.14. The maximum Gasteiger partial charge on any atom is 0.281 e. The van der Waals surface area contributed by atoms with Gasteiger partial charge in [0.1, 0.15) is 29.4 Å². The first kappa shape index (κ1) is 21.1. The third-order valence-electron chi connectivity index (χ3n) is 3.80. The van der Waals surface area contributed by atoms with Crippen LogP contribution in [0.2, 0.25) is 0 Å². The first-order valence-corrected chi connectivity index (χ1v) is 9.13. The molecule has 0 aliphatic heterocycles. The summed E-state index contributed by atoms with van der Waals surface area (Å²) in [6.45, 7) is 4.00. The molecule has 0 heterocycles. The fourth-order valence-corrected chi connectivity index (χ4v) is 3.41. The van der Waals surface area contributed by atoms with E-state index in [-0.39, 0.29) is 33.1 Å². The molecule has 1 N–H and O–H groups in total. The van der Waals surface area contributed by atoms with Crippen molar-refractivity contribution in [3.05, 3.63) is 52.8 Å². The van der Waals surface area contributed by atoms with Crippen molar-refractivity contribution in [2.75, 3.05) is 6.01 Å². The van der Waals surface area contributed by atoms with E-state index in [1.807, 2.05) is 13.8 Å². The maximum atomic E-state index is 13.9. The van der Waals surface area contributed by atoms with Crippen molar-refractivity contribution in [1.82, 2.24) is 0 Å². The number of ether oxygens (including phenoxy) is 1. The van der Waals surface area contributed by atoms with Gasteiger partial charge in [0.2, 0.25) is 0 Å². The predicted molar refractivity (Wildman–Crippen MR) is 94.4 cm³/mol.